The van der Waals surface area contributed by atoms with Crippen LogP contribution in [0.3, 0.4) is 0 Å². The second kappa shape index (κ2) is 6.33. The molecule has 1 aromatic carbocycles. The van der Waals surface area contributed by atoms with E-state index < -0.39 is 16.9 Å². The van der Waals surface area contributed by atoms with Gasteiger partial charge in [-0.15, -0.1) is 0 Å². The van der Waals surface area contributed by atoms with Crippen LogP contribution < -0.4 is 0 Å². The minimum absolute atomic E-state index is 0.0546. The Morgan fingerprint density at radius 1 is 1.22 bits per heavy atom. The van der Waals surface area contributed by atoms with Crippen molar-refractivity contribution in [2.24, 2.45) is 16.7 Å². The molecule has 1 N–H and O–H groups in total. The highest BCUT2D eigenvalue weighted by atomic mass is 32.2. The summed E-state index contributed by atoms with van der Waals surface area (Å²) >= 11 is 0. The molecule has 0 saturated heterocycles. The van der Waals surface area contributed by atoms with Crippen molar-refractivity contribution >= 4 is 10.8 Å². The van der Waals surface area contributed by atoms with Crippen molar-refractivity contribution in [1.29, 1.82) is 0 Å². The zero-order valence-corrected chi connectivity index (χ0v) is 15.4. The lowest BCUT2D eigenvalue weighted by Gasteiger charge is -2.39. The molecular formula is C20H30O2S. The average Bonchev–Trinajstić information content (AvgIpc) is 2.90. The highest BCUT2D eigenvalue weighted by Crippen LogP contribution is 2.66. The van der Waals surface area contributed by atoms with E-state index in [9.17, 15) is 9.32 Å². The van der Waals surface area contributed by atoms with E-state index in [-0.39, 0.29) is 10.7 Å². The first-order valence-electron chi connectivity index (χ1n) is 8.96. The fourth-order valence-electron chi connectivity index (χ4n) is 5.05. The van der Waals surface area contributed by atoms with Crippen molar-refractivity contribution < 1.29 is 9.32 Å². The standard InChI is InChI=1S/C20H30O2S/c1-15(21)13-18(16-7-5-4-6-8-16)23(22)14-20-11-9-17(10-12-20)19(20,2)3/h4-8,15,17-18,21H,9-14H2,1-3H3/t15-,17?,18?,20?,23?/m0/s1. The van der Waals surface area contributed by atoms with E-state index in [1.54, 1.807) is 6.92 Å². The van der Waals surface area contributed by atoms with E-state index in [1.807, 2.05) is 18.2 Å². The fraction of sp³-hybridized carbons (Fsp3) is 0.700. The third-order valence-electron chi connectivity index (χ3n) is 6.79. The van der Waals surface area contributed by atoms with Gasteiger partial charge in [0.25, 0.3) is 0 Å². The molecule has 3 heteroatoms. The summed E-state index contributed by atoms with van der Waals surface area (Å²) in [7, 11) is -0.938. The van der Waals surface area contributed by atoms with E-state index in [4.69, 9.17) is 0 Å². The second-order valence-corrected chi connectivity index (χ2v) is 9.90. The molecule has 0 aromatic heterocycles. The van der Waals surface area contributed by atoms with Crippen molar-refractivity contribution in [3.05, 3.63) is 35.9 Å². The van der Waals surface area contributed by atoms with Gasteiger partial charge in [0, 0.05) is 16.6 Å². The van der Waals surface area contributed by atoms with Crippen LogP contribution in [0.5, 0.6) is 0 Å². The zero-order chi connectivity index (χ0) is 16.7. The van der Waals surface area contributed by atoms with Crippen LogP contribution in [-0.2, 0) is 10.8 Å². The molecule has 2 aliphatic carbocycles. The fourth-order valence-corrected chi connectivity index (χ4v) is 7.41. The van der Waals surface area contributed by atoms with Crippen molar-refractivity contribution in [3.63, 3.8) is 0 Å². The van der Waals surface area contributed by atoms with Crippen LogP contribution in [0.25, 0.3) is 0 Å². The molecule has 2 saturated carbocycles. The molecule has 2 aliphatic rings. The van der Waals surface area contributed by atoms with Gasteiger partial charge < -0.3 is 5.11 Å². The van der Waals surface area contributed by atoms with Gasteiger partial charge in [-0.2, -0.15) is 0 Å². The number of hydrogen-bond donors (Lipinski definition) is 1. The van der Waals surface area contributed by atoms with Gasteiger partial charge in [0.2, 0.25) is 0 Å². The number of fused-ring (bicyclic) bond motifs is 2. The molecule has 0 aliphatic heterocycles. The number of aliphatic hydroxyl groups excluding tert-OH is 1. The quantitative estimate of drug-likeness (QED) is 0.834. The largest absolute Gasteiger partial charge is 0.393 e. The zero-order valence-electron chi connectivity index (χ0n) is 14.6. The highest BCUT2D eigenvalue weighted by molar-refractivity contribution is 7.85. The van der Waals surface area contributed by atoms with E-state index in [1.165, 1.54) is 25.7 Å². The molecule has 0 heterocycles. The maximum atomic E-state index is 13.3. The molecule has 0 amide bonds. The summed E-state index contributed by atoms with van der Waals surface area (Å²) in [6.45, 7) is 6.58. The van der Waals surface area contributed by atoms with Gasteiger partial charge >= 0.3 is 0 Å². The molecule has 3 atom stereocenters. The Bertz CT molecular complexity index is 556. The third-order valence-corrected chi connectivity index (χ3v) is 8.73. The van der Waals surface area contributed by atoms with Gasteiger partial charge in [-0.25, -0.2) is 0 Å². The summed E-state index contributed by atoms with van der Waals surface area (Å²) in [4.78, 5) is 0. The van der Waals surface area contributed by atoms with Crippen LogP contribution in [0.15, 0.2) is 30.3 Å². The van der Waals surface area contributed by atoms with Gasteiger partial charge in [0.15, 0.2) is 0 Å². The van der Waals surface area contributed by atoms with E-state index in [0.717, 1.165) is 17.2 Å². The Morgan fingerprint density at radius 3 is 2.30 bits per heavy atom. The maximum absolute atomic E-state index is 13.3. The minimum Gasteiger partial charge on any atom is -0.393 e. The topological polar surface area (TPSA) is 37.3 Å². The van der Waals surface area contributed by atoms with Crippen LogP contribution in [0.4, 0.5) is 0 Å². The maximum Gasteiger partial charge on any atom is 0.0621 e. The third kappa shape index (κ3) is 3.02. The van der Waals surface area contributed by atoms with Crippen molar-refractivity contribution in [3.8, 4) is 0 Å². The number of aliphatic hydroxyl groups is 1. The Kier molecular flexibility index (Phi) is 4.72. The normalized spacial score (nSPS) is 32.6. The smallest absolute Gasteiger partial charge is 0.0621 e. The van der Waals surface area contributed by atoms with Crippen LogP contribution >= 0.6 is 0 Å². The Balaban J connectivity index is 1.82. The van der Waals surface area contributed by atoms with Crippen molar-refractivity contribution in [2.75, 3.05) is 5.75 Å². The Morgan fingerprint density at radius 2 is 1.83 bits per heavy atom. The molecule has 2 fully saturated rings. The van der Waals surface area contributed by atoms with Gasteiger partial charge in [-0.1, -0.05) is 44.2 Å². The van der Waals surface area contributed by atoms with E-state index in [0.29, 0.717) is 11.8 Å². The lowest BCUT2D eigenvalue weighted by molar-refractivity contribution is 0.155. The second-order valence-electron chi connectivity index (χ2n) is 8.29. The minimum atomic E-state index is -0.938. The Labute approximate surface area is 143 Å². The average molecular weight is 335 g/mol. The first kappa shape index (κ1) is 17.2. The first-order chi connectivity index (χ1) is 10.9. The van der Waals surface area contributed by atoms with Gasteiger partial charge in [0.1, 0.15) is 0 Å². The van der Waals surface area contributed by atoms with E-state index in [2.05, 4.69) is 26.0 Å². The molecule has 2 unspecified atom stereocenters. The summed E-state index contributed by atoms with van der Waals surface area (Å²) in [6, 6.07) is 10.1. The molecule has 0 radical (unpaired) electrons. The van der Waals surface area contributed by atoms with Crippen LogP contribution in [0.2, 0.25) is 0 Å². The molecule has 2 bridgehead atoms. The molecule has 23 heavy (non-hydrogen) atoms. The summed E-state index contributed by atoms with van der Waals surface area (Å²) in [5, 5.41) is 9.84. The molecule has 3 rings (SSSR count). The molecule has 1 aromatic rings. The van der Waals surface area contributed by atoms with Crippen molar-refractivity contribution in [1.82, 2.24) is 0 Å². The number of benzene rings is 1. The van der Waals surface area contributed by atoms with Gasteiger partial charge in [-0.05, 0) is 61.3 Å². The number of hydrogen-bond acceptors (Lipinski definition) is 2. The summed E-state index contributed by atoms with van der Waals surface area (Å²) < 4.78 is 13.3. The monoisotopic (exact) mass is 334 g/mol. The predicted molar refractivity (Wildman–Crippen MR) is 96.7 cm³/mol. The van der Waals surface area contributed by atoms with Crippen LogP contribution in [0, 0.1) is 16.7 Å². The van der Waals surface area contributed by atoms with E-state index >= 15 is 0 Å². The van der Waals surface area contributed by atoms with Gasteiger partial charge in [-0.3, -0.25) is 4.21 Å². The predicted octanol–water partition coefficient (Wildman–Crippen LogP) is 4.46. The molecule has 128 valence electrons. The number of rotatable bonds is 6. The molecule has 2 nitrogen and oxygen atoms in total. The van der Waals surface area contributed by atoms with Crippen LogP contribution in [-0.4, -0.2) is 21.2 Å². The first-order valence-corrected chi connectivity index (χ1v) is 10.3. The summed E-state index contributed by atoms with van der Waals surface area (Å²) in [5.41, 5.74) is 1.66. The summed E-state index contributed by atoms with van der Waals surface area (Å²) in [5.74, 6) is 1.61. The lowest BCUT2D eigenvalue weighted by atomic mass is 9.71. The molecule has 0 spiro atoms. The lowest BCUT2D eigenvalue weighted by Crippen LogP contribution is -2.36. The summed E-state index contributed by atoms with van der Waals surface area (Å²) in [6.07, 6.45) is 5.22. The SMILES string of the molecule is C[C@H](O)CC(c1ccccc1)S(=O)CC12CCC(CC1)C2(C)C. The molecular weight excluding hydrogens is 304 g/mol. The van der Waals surface area contributed by atoms with Crippen LogP contribution in [0.1, 0.15) is 63.7 Å². The Hall–Kier alpha value is -0.670. The highest BCUT2D eigenvalue weighted by Gasteiger charge is 2.59. The van der Waals surface area contributed by atoms with Gasteiger partial charge in [0.05, 0.1) is 11.4 Å². The van der Waals surface area contributed by atoms with Crippen molar-refractivity contribution in [2.45, 2.75) is 64.2 Å².